The molecule has 3 rings (SSSR count). The molecule has 1 aliphatic carbocycles. The van der Waals surface area contributed by atoms with Gasteiger partial charge in [0.1, 0.15) is 5.69 Å². The molecule has 1 saturated carbocycles. The van der Waals surface area contributed by atoms with Crippen LogP contribution in [0.5, 0.6) is 0 Å². The van der Waals surface area contributed by atoms with Crippen molar-refractivity contribution in [2.45, 2.75) is 32.2 Å². The third kappa shape index (κ3) is 3.74. The van der Waals surface area contributed by atoms with E-state index in [9.17, 15) is 4.79 Å². The molecule has 0 radical (unpaired) electrons. The SMILES string of the molecule is Cc1ccc(-c2cc(C(=O)NC(C)(CN)C3CC3)on2)cc1.Cl. The van der Waals surface area contributed by atoms with Crippen LogP contribution >= 0.6 is 12.4 Å². The number of nitrogens with zero attached hydrogens (tertiary/aromatic N) is 1. The lowest BCUT2D eigenvalue weighted by molar-refractivity contribution is 0.0860. The van der Waals surface area contributed by atoms with Gasteiger partial charge in [0.15, 0.2) is 0 Å². The van der Waals surface area contributed by atoms with Crippen molar-refractivity contribution in [3.05, 3.63) is 41.7 Å². The topological polar surface area (TPSA) is 81.2 Å². The minimum absolute atomic E-state index is 0. The number of rotatable bonds is 5. The average Bonchev–Trinajstić information content (AvgIpc) is 3.26. The van der Waals surface area contributed by atoms with Crippen LogP contribution in [-0.4, -0.2) is 23.1 Å². The van der Waals surface area contributed by atoms with Crippen molar-refractivity contribution in [1.29, 1.82) is 0 Å². The van der Waals surface area contributed by atoms with Crippen molar-refractivity contribution in [3.8, 4) is 11.3 Å². The van der Waals surface area contributed by atoms with E-state index >= 15 is 0 Å². The summed E-state index contributed by atoms with van der Waals surface area (Å²) in [4.78, 5) is 12.3. The molecule has 124 valence electrons. The van der Waals surface area contributed by atoms with Crippen molar-refractivity contribution < 1.29 is 9.32 Å². The highest BCUT2D eigenvalue weighted by atomic mass is 35.5. The summed E-state index contributed by atoms with van der Waals surface area (Å²) in [6.07, 6.45) is 2.22. The smallest absolute Gasteiger partial charge is 0.290 e. The van der Waals surface area contributed by atoms with Crippen LogP contribution < -0.4 is 11.1 Å². The van der Waals surface area contributed by atoms with E-state index in [0.717, 1.165) is 18.4 Å². The summed E-state index contributed by atoms with van der Waals surface area (Å²) in [6.45, 7) is 4.43. The summed E-state index contributed by atoms with van der Waals surface area (Å²) in [7, 11) is 0. The number of amides is 1. The molecule has 1 fully saturated rings. The summed E-state index contributed by atoms with van der Waals surface area (Å²) in [6, 6.07) is 9.60. The van der Waals surface area contributed by atoms with Gasteiger partial charge in [0.25, 0.3) is 5.91 Å². The number of nitrogens with one attached hydrogen (secondary N) is 1. The van der Waals surface area contributed by atoms with Gasteiger partial charge in [-0.15, -0.1) is 12.4 Å². The predicted molar refractivity (Wildman–Crippen MR) is 91.6 cm³/mol. The van der Waals surface area contributed by atoms with Gasteiger partial charge in [-0.3, -0.25) is 4.79 Å². The van der Waals surface area contributed by atoms with Crippen molar-refractivity contribution >= 4 is 18.3 Å². The van der Waals surface area contributed by atoms with Gasteiger partial charge in [-0.05, 0) is 32.6 Å². The van der Waals surface area contributed by atoms with Crippen LogP contribution in [-0.2, 0) is 0 Å². The Hall–Kier alpha value is -1.85. The van der Waals surface area contributed by atoms with Crippen LogP contribution in [0.15, 0.2) is 34.9 Å². The molecule has 0 spiro atoms. The summed E-state index contributed by atoms with van der Waals surface area (Å²) in [5, 5.41) is 6.98. The van der Waals surface area contributed by atoms with E-state index in [1.807, 2.05) is 38.1 Å². The molecule has 1 amide bonds. The number of aromatic nitrogens is 1. The molecule has 2 aromatic rings. The van der Waals surface area contributed by atoms with Gasteiger partial charge in [-0.25, -0.2) is 0 Å². The number of hydrogen-bond donors (Lipinski definition) is 2. The summed E-state index contributed by atoms with van der Waals surface area (Å²) in [5.74, 6) is 0.419. The van der Waals surface area contributed by atoms with Crippen LogP contribution in [0, 0.1) is 12.8 Å². The van der Waals surface area contributed by atoms with Gasteiger partial charge in [-0.2, -0.15) is 0 Å². The molecular weight excluding hydrogens is 314 g/mol. The molecule has 0 aliphatic heterocycles. The monoisotopic (exact) mass is 335 g/mol. The van der Waals surface area contributed by atoms with E-state index in [2.05, 4.69) is 10.5 Å². The molecule has 1 unspecified atom stereocenters. The van der Waals surface area contributed by atoms with E-state index in [-0.39, 0.29) is 29.6 Å². The largest absolute Gasteiger partial charge is 0.350 e. The first kappa shape index (κ1) is 17.5. The highest BCUT2D eigenvalue weighted by Gasteiger charge is 2.42. The molecule has 1 atom stereocenters. The zero-order chi connectivity index (χ0) is 15.7. The van der Waals surface area contributed by atoms with E-state index in [1.54, 1.807) is 6.07 Å². The molecular formula is C17H22ClN3O2. The van der Waals surface area contributed by atoms with Crippen molar-refractivity contribution in [3.63, 3.8) is 0 Å². The lowest BCUT2D eigenvalue weighted by Crippen LogP contribution is -2.53. The second kappa shape index (κ2) is 6.72. The molecule has 5 nitrogen and oxygen atoms in total. The van der Waals surface area contributed by atoms with Gasteiger partial charge >= 0.3 is 0 Å². The Morgan fingerprint density at radius 3 is 2.61 bits per heavy atom. The Labute approximate surface area is 142 Å². The first-order chi connectivity index (χ1) is 10.5. The zero-order valence-electron chi connectivity index (χ0n) is 13.3. The molecule has 1 aromatic heterocycles. The Morgan fingerprint density at radius 2 is 2.04 bits per heavy atom. The number of carbonyl (C=O) groups is 1. The molecule has 1 heterocycles. The van der Waals surface area contributed by atoms with E-state index in [1.165, 1.54) is 5.56 Å². The molecule has 1 aromatic carbocycles. The Bertz CT molecular complexity index is 679. The molecule has 0 bridgehead atoms. The fourth-order valence-corrected chi connectivity index (χ4v) is 2.60. The maximum Gasteiger partial charge on any atom is 0.290 e. The highest BCUT2D eigenvalue weighted by molar-refractivity contribution is 5.93. The van der Waals surface area contributed by atoms with Crippen LogP contribution in [0.2, 0.25) is 0 Å². The maximum atomic E-state index is 12.3. The standard InChI is InChI=1S/C17H21N3O2.ClH/c1-11-3-5-12(6-4-11)14-9-15(22-20-14)16(21)19-17(2,10-18)13-7-8-13;/h3-6,9,13H,7-8,10,18H2,1-2H3,(H,19,21);1H. The second-order valence-corrected chi connectivity index (χ2v) is 6.29. The number of hydrogen-bond acceptors (Lipinski definition) is 4. The second-order valence-electron chi connectivity index (χ2n) is 6.29. The van der Waals surface area contributed by atoms with Crippen LogP contribution in [0.1, 0.15) is 35.9 Å². The molecule has 23 heavy (non-hydrogen) atoms. The van der Waals surface area contributed by atoms with E-state index in [0.29, 0.717) is 18.2 Å². The highest BCUT2D eigenvalue weighted by Crippen LogP contribution is 2.39. The summed E-state index contributed by atoms with van der Waals surface area (Å²) >= 11 is 0. The van der Waals surface area contributed by atoms with E-state index < -0.39 is 0 Å². The first-order valence-corrected chi connectivity index (χ1v) is 7.58. The minimum atomic E-state index is -0.367. The lowest BCUT2D eigenvalue weighted by atomic mass is 9.96. The number of nitrogens with two attached hydrogens (primary N) is 1. The normalized spacial score (nSPS) is 16.3. The number of aryl methyl sites for hydroxylation is 1. The van der Waals surface area contributed by atoms with Gasteiger partial charge in [-0.1, -0.05) is 35.0 Å². The predicted octanol–water partition coefficient (Wildman–Crippen LogP) is 2.93. The van der Waals surface area contributed by atoms with E-state index in [4.69, 9.17) is 10.3 Å². The lowest BCUT2D eigenvalue weighted by Gasteiger charge is -2.28. The third-order valence-electron chi connectivity index (χ3n) is 4.38. The molecule has 0 saturated heterocycles. The Kier molecular flexibility index (Phi) is 5.12. The molecule has 1 aliphatic rings. The summed E-state index contributed by atoms with van der Waals surface area (Å²) < 4.78 is 5.20. The zero-order valence-corrected chi connectivity index (χ0v) is 14.2. The van der Waals surface area contributed by atoms with Gasteiger partial charge in [0.2, 0.25) is 5.76 Å². The Balaban J connectivity index is 0.00000192. The fraction of sp³-hybridized carbons (Fsp3) is 0.412. The quantitative estimate of drug-likeness (QED) is 0.880. The van der Waals surface area contributed by atoms with Crippen molar-refractivity contribution in [2.24, 2.45) is 11.7 Å². The van der Waals surface area contributed by atoms with Gasteiger partial charge < -0.3 is 15.6 Å². The summed E-state index contributed by atoms with van der Waals surface area (Å²) in [5.41, 5.74) is 8.22. The van der Waals surface area contributed by atoms with Crippen LogP contribution in [0.25, 0.3) is 11.3 Å². The molecule has 3 N–H and O–H groups in total. The van der Waals surface area contributed by atoms with Crippen LogP contribution in [0.3, 0.4) is 0 Å². The average molecular weight is 336 g/mol. The Morgan fingerprint density at radius 1 is 1.39 bits per heavy atom. The fourth-order valence-electron chi connectivity index (χ4n) is 2.60. The maximum absolute atomic E-state index is 12.3. The number of halogens is 1. The van der Waals surface area contributed by atoms with Gasteiger partial charge in [0.05, 0.1) is 5.54 Å². The number of carbonyl (C=O) groups excluding carboxylic acids is 1. The number of benzene rings is 1. The van der Waals surface area contributed by atoms with Gasteiger partial charge in [0, 0.05) is 18.2 Å². The van der Waals surface area contributed by atoms with Crippen molar-refractivity contribution in [1.82, 2.24) is 10.5 Å². The first-order valence-electron chi connectivity index (χ1n) is 7.58. The molecule has 6 heteroatoms. The minimum Gasteiger partial charge on any atom is -0.350 e. The third-order valence-corrected chi connectivity index (χ3v) is 4.38. The van der Waals surface area contributed by atoms with Crippen LogP contribution in [0.4, 0.5) is 0 Å². The van der Waals surface area contributed by atoms with Crippen molar-refractivity contribution in [2.75, 3.05) is 6.54 Å².